The summed E-state index contributed by atoms with van der Waals surface area (Å²) >= 11 is 0. The molecule has 4 rings (SSSR count). The number of para-hydroxylation sites is 1. The van der Waals surface area contributed by atoms with E-state index in [-0.39, 0.29) is 49.0 Å². The first-order valence-electron chi connectivity index (χ1n) is 10.1. The number of H-pyrrole nitrogens is 2. The summed E-state index contributed by atoms with van der Waals surface area (Å²) in [6.45, 7) is 1.65. The van der Waals surface area contributed by atoms with Crippen LogP contribution in [0.25, 0.3) is 0 Å². The summed E-state index contributed by atoms with van der Waals surface area (Å²) in [5, 5.41) is 8.87. The number of benzene rings is 1. The number of rotatable bonds is 7. The number of hydrogen-bond acceptors (Lipinski definition) is 5. The van der Waals surface area contributed by atoms with E-state index in [1.165, 1.54) is 6.07 Å². The van der Waals surface area contributed by atoms with Crippen molar-refractivity contribution in [3.63, 3.8) is 0 Å². The summed E-state index contributed by atoms with van der Waals surface area (Å²) < 4.78 is 18.9. The third-order valence-electron chi connectivity index (χ3n) is 5.93. The zero-order chi connectivity index (χ0) is 21.1. The smallest absolute Gasteiger partial charge is 0.340 e. The third-order valence-corrected chi connectivity index (χ3v) is 5.93. The van der Waals surface area contributed by atoms with Crippen LogP contribution in [0.1, 0.15) is 18.7 Å². The lowest BCUT2D eigenvalue weighted by Gasteiger charge is -2.50. The van der Waals surface area contributed by atoms with Gasteiger partial charge in [-0.25, -0.2) is 14.3 Å². The number of nitrogens with zero attached hydrogens (tertiary/aromatic N) is 2. The van der Waals surface area contributed by atoms with Gasteiger partial charge in [-0.1, -0.05) is 12.1 Å². The minimum absolute atomic E-state index is 0.0281. The summed E-state index contributed by atoms with van der Waals surface area (Å²) in [4.78, 5) is 40.4. The molecule has 1 aromatic heterocycles. The number of hydrogen-bond donors (Lipinski definition) is 3. The average Bonchev–Trinajstić information content (AvgIpc) is 3.12. The van der Waals surface area contributed by atoms with Crippen molar-refractivity contribution in [1.29, 1.82) is 0 Å². The molecule has 1 saturated heterocycles. The molecule has 2 aromatic rings. The van der Waals surface area contributed by atoms with Crippen molar-refractivity contribution in [2.24, 2.45) is 17.8 Å². The Balaban J connectivity index is 1.23. The second kappa shape index (κ2) is 8.68. The van der Waals surface area contributed by atoms with Gasteiger partial charge in [0.25, 0.3) is 0 Å². The van der Waals surface area contributed by atoms with Gasteiger partial charge in [0.2, 0.25) is 11.8 Å². The fourth-order valence-electron chi connectivity index (χ4n) is 4.28. The zero-order valence-corrected chi connectivity index (χ0v) is 16.4. The van der Waals surface area contributed by atoms with E-state index in [9.17, 15) is 18.8 Å². The van der Waals surface area contributed by atoms with E-state index in [0.29, 0.717) is 24.8 Å². The Morgan fingerprint density at radius 2 is 2.17 bits per heavy atom. The lowest BCUT2D eigenvalue weighted by atomic mass is 9.61. The van der Waals surface area contributed by atoms with Gasteiger partial charge in [-0.05, 0) is 36.8 Å². The van der Waals surface area contributed by atoms with Crippen LogP contribution in [-0.4, -0.2) is 58.1 Å². The predicted molar refractivity (Wildman–Crippen MR) is 104 cm³/mol. The number of carbonyl (C=O) groups excluding carboxylic acids is 2. The molecule has 3 atom stereocenters. The first-order chi connectivity index (χ1) is 14.5. The summed E-state index contributed by atoms with van der Waals surface area (Å²) in [6, 6.07) is 6.14. The molecule has 9 nitrogen and oxygen atoms in total. The third kappa shape index (κ3) is 4.37. The maximum atomic E-state index is 13.5. The number of likely N-dealkylation sites (tertiary alicyclic amines) is 1. The van der Waals surface area contributed by atoms with E-state index in [2.05, 4.69) is 20.5 Å². The molecule has 30 heavy (non-hydrogen) atoms. The molecule has 2 aliphatic rings. The highest BCUT2D eigenvalue weighted by Crippen LogP contribution is 2.45. The topological polar surface area (TPSA) is 120 Å². The van der Waals surface area contributed by atoms with Crippen LogP contribution in [0.2, 0.25) is 0 Å². The second-order valence-electron chi connectivity index (χ2n) is 7.77. The van der Waals surface area contributed by atoms with Gasteiger partial charge in [0.05, 0.1) is 13.0 Å². The Labute approximate surface area is 172 Å². The molecular weight excluding hydrogens is 393 g/mol. The van der Waals surface area contributed by atoms with Crippen LogP contribution in [-0.2, 0) is 16.0 Å². The average molecular weight is 417 g/mol. The molecule has 0 radical (unpaired) electrons. The van der Waals surface area contributed by atoms with Gasteiger partial charge >= 0.3 is 5.69 Å². The fourth-order valence-corrected chi connectivity index (χ4v) is 4.28. The summed E-state index contributed by atoms with van der Waals surface area (Å²) in [5.41, 5.74) is -0.439. The van der Waals surface area contributed by atoms with Crippen molar-refractivity contribution < 1.29 is 18.7 Å². The minimum Gasteiger partial charge on any atom is -0.489 e. The van der Waals surface area contributed by atoms with Crippen LogP contribution >= 0.6 is 0 Å². The molecule has 10 heteroatoms. The van der Waals surface area contributed by atoms with Gasteiger partial charge < -0.3 is 15.0 Å². The highest BCUT2D eigenvalue weighted by Gasteiger charge is 2.48. The molecule has 1 saturated carbocycles. The van der Waals surface area contributed by atoms with Crippen LogP contribution in [0.3, 0.4) is 0 Å². The van der Waals surface area contributed by atoms with E-state index in [1.807, 2.05) is 0 Å². The van der Waals surface area contributed by atoms with Crippen molar-refractivity contribution >= 4 is 11.8 Å². The fraction of sp³-hybridized carbons (Fsp3) is 0.500. The van der Waals surface area contributed by atoms with Gasteiger partial charge in [0.1, 0.15) is 12.4 Å². The van der Waals surface area contributed by atoms with Crippen molar-refractivity contribution in [2.75, 3.05) is 26.2 Å². The number of ether oxygens (including phenoxy) is 1. The number of halogens is 1. The Morgan fingerprint density at radius 1 is 1.33 bits per heavy atom. The van der Waals surface area contributed by atoms with E-state index < -0.39 is 11.5 Å². The molecule has 0 bridgehead atoms. The van der Waals surface area contributed by atoms with Crippen molar-refractivity contribution in [1.82, 2.24) is 25.4 Å². The van der Waals surface area contributed by atoms with Gasteiger partial charge in [-0.15, -0.1) is 0 Å². The number of aromatic amines is 2. The maximum Gasteiger partial charge on any atom is 0.340 e. The van der Waals surface area contributed by atoms with E-state index in [4.69, 9.17) is 4.74 Å². The minimum atomic E-state index is -0.439. The zero-order valence-electron chi connectivity index (χ0n) is 16.4. The summed E-state index contributed by atoms with van der Waals surface area (Å²) in [5.74, 6) is 0.318. The monoisotopic (exact) mass is 417 g/mol. The number of aromatic nitrogens is 3. The van der Waals surface area contributed by atoms with Crippen LogP contribution in [0, 0.1) is 23.6 Å². The molecule has 2 fully saturated rings. The molecule has 3 N–H and O–H groups in total. The Kier molecular flexibility index (Phi) is 5.82. The van der Waals surface area contributed by atoms with Gasteiger partial charge in [0, 0.05) is 19.0 Å². The highest BCUT2D eigenvalue weighted by molar-refractivity contribution is 5.81. The number of nitrogens with one attached hydrogen (secondary N) is 3. The summed E-state index contributed by atoms with van der Waals surface area (Å²) in [7, 11) is 0. The standard InChI is InChI=1S/C20H24FN5O4/c21-15-3-1-2-4-16(15)30-8-6-22-19(28)13-9-12-5-7-26(11-14(12)13)18(27)10-17-23-20(29)25-24-17/h1-4,12-14H,5-11H2,(H,22,28)(H2,23,24,25,29)/t12-,13-,14-/m1/s1. The first kappa shape index (κ1) is 20.1. The Hall–Kier alpha value is -3.17. The normalized spacial score (nSPS) is 22.7. The number of carbonyl (C=O) groups is 2. The second-order valence-corrected chi connectivity index (χ2v) is 7.77. The van der Waals surface area contributed by atoms with E-state index in [1.54, 1.807) is 23.1 Å². The van der Waals surface area contributed by atoms with Crippen LogP contribution in [0.5, 0.6) is 5.75 Å². The largest absolute Gasteiger partial charge is 0.489 e. The summed E-state index contributed by atoms with van der Waals surface area (Å²) in [6.07, 6.45) is 1.72. The van der Waals surface area contributed by atoms with Gasteiger partial charge in [-0.2, -0.15) is 5.10 Å². The predicted octanol–water partition coefficient (Wildman–Crippen LogP) is 0.459. The maximum absolute atomic E-state index is 13.5. The molecular formula is C20H24FN5O4. The Bertz CT molecular complexity index is 974. The van der Waals surface area contributed by atoms with Crippen molar-refractivity contribution in [2.45, 2.75) is 19.3 Å². The van der Waals surface area contributed by atoms with Crippen molar-refractivity contribution in [3.8, 4) is 5.75 Å². The number of fused-ring (bicyclic) bond motifs is 1. The first-order valence-corrected chi connectivity index (χ1v) is 10.1. The van der Waals surface area contributed by atoms with Gasteiger partial charge in [-0.3, -0.25) is 14.6 Å². The molecule has 1 aliphatic carbocycles. The van der Waals surface area contributed by atoms with Crippen LogP contribution in [0.4, 0.5) is 4.39 Å². The Morgan fingerprint density at radius 3 is 2.93 bits per heavy atom. The highest BCUT2D eigenvalue weighted by atomic mass is 19.1. The van der Waals surface area contributed by atoms with Crippen molar-refractivity contribution in [3.05, 3.63) is 46.4 Å². The molecule has 160 valence electrons. The van der Waals surface area contributed by atoms with Gasteiger partial charge in [0.15, 0.2) is 11.6 Å². The SMILES string of the molecule is O=C(NCCOc1ccccc1F)[C@@H]1C[C@H]2CCN(C(=O)Cc3n[nH]c(=O)[nH]3)C[C@H]21. The molecule has 2 amide bonds. The molecule has 0 unspecified atom stereocenters. The number of piperidine rings is 1. The van der Waals surface area contributed by atoms with Crippen LogP contribution < -0.4 is 15.7 Å². The van der Waals surface area contributed by atoms with E-state index >= 15 is 0 Å². The van der Waals surface area contributed by atoms with E-state index in [0.717, 1.165) is 12.8 Å². The lowest BCUT2D eigenvalue weighted by molar-refractivity contribution is -0.145. The molecule has 1 aromatic carbocycles. The molecule has 2 heterocycles. The molecule has 1 aliphatic heterocycles. The quantitative estimate of drug-likeness (QED) is 0.566. The van der Waals surface area contributed by atoms with Crippen LogP contribution in [0.15, 0.2) is 29.1 Å². The number of amides is 2. The molecule has 0 spiro atoms. The lowest BCUT2D eigenvalue weighted by Crippen LogP contribution is -2.56.